The van der Waals surface area contributed by atoms with Crippen LogP contribution in [-0.4, -0.2) is 17.5 Å². The Balaban J connectivity index is 2.35. The van der Waals surface area contributed by atoms with E-state index >= 15 is 0 Å². The second kappa shape index (κ2) is 10.3. The van der Waals surface area contributed by atoms with Gasteiger partial charge < -0.3 is 9.94 Å². The molecule has 0 saturated carbocycles. The Bertz CT molecular complexity index is 441. The van der Waals surface area contributed by atoms with Crippen LogP contribution in [0, 0.1) is 6.92 Å². The zero-order valence-corrected chi connectivity index (χ0v) is 13.7. The fourth-order valence-corrected chi connectivity index (χ4v) is 2.35. The van der Waals surface area contributed by atoms with Crippen molar-refractivity contribution in [3.8, 4) is 5.75 Å². The number of ether oxygens (including phenoxy) is 1. The summed E-state index contributed by atoms with van der Waals surface area (Å²) >= 11 is 0. The number of hydrogen-bond acceptors (Lipinski definition) is 3. The van der Waals surface area contributed by atoms with E-state index in [1.165, 1.54) is 38.5 Å². The number of nitrogens with zero attached hydrogens (tertiary/aromatic N) is 1. The molecule has 3 heteroatoms. The number of rotatable bonds is 10. The lowest BCUT2D eigenvalue weighted by atomic mass is 10.1. The summed E-state index contributed by atoms with van der Waals surface area (Å²) in [5, 5.41) is 12.2. The van der Waals surface area contributed by atoms with E-state index < -0.39 is 0 Å². The van der Waals surface area contributed by atoms with Crippen molar-refractivity contribution in [2.45, 2.75) is 65.7 Å². The molecule has 1 aromatic carbocycles. The molecule has 21 heavy (non-hydrogen) atoms. The summed E-state index contributed by atoms with van der Waals surface area (Å²) in [6.07, 6.45) is 8.92. The summed E-state index contributed by atoms with van der Waals surface area (Å²) in [5.41, 5.74) is 2.60. The van der Waals surface area contributed by atoms with Gasteiger partial charge in [0.1, 0.15) is 5.75 Å². The van der Waals surface area contributed by atoms with Gasteiger partial charge in [0.15, 0.2) is 0 Å². The van der Waals surface area contributed by atoms with Crippen molar-refractivity contribution in [3.63, 3.8) is 0 Å². The average molecular weight is 291 g/mol. The molecule has 0 amide bonds. The van der Waals surface area contributed by atoms with Gasteiger partial charge in [-0.1, -0.05) is 62.2 Å². The summed E-state index contributed by atoms with van der Waals surface area (Å²) in [7, 11) is 0. The molecule has 0 fully saturated rings. The second-order valence-corrected chi connectivity index (χ2v) is 5.65. The SMILES string of the molecule is CCCCCCCCCOc1ccc(C)cc1C(C)=NO. The van der Waals surface area contributed by atoms with Crippen LogP contribution in [0.5, 0.6) is 5.75 Å². The van der Waals surface area contributed by atoms with Crippen molar-refractivity contribution < 1.29 is 9.94 Å². The molecule has 1 N–H and O–H groups in total. The van der Waals surface area contributed by atoms with E-state index in [0.29, 0.717) is 5.71 Å². The number of aryl methyl sites for hydroxylation is 1. The first kappa shape index (κ1) is 17.5. The number of hydrogen-bond donors (Lipinski definition) is 1. The molecule has 0 aliphatic heterocycles. The van der Waals surface area contributed by atoms with Crippen LogP contribution in [0.25, 0.3) is 0 Å². The lowest BCUT2D eigenvalue weighted by Crippen LogP contribution is -2.04. The molecule has 0 bridgehead atoms. The first-order chi connectivity index (χ1) is 10.2. The highest BCUT2D eigenvalue weighted by atomic mass is 16.5. The first-order valence-corrected chi connectivity index (χ1v) is 8.11. The zero-order chi connectivity index (χ0) is 15.5. The van der Waals surface area contributed by atoms with Gasteiger partial charge in [-0.3, -0.25) is 0 Å². The van der Waals surface area contributed by atoms with E-state index in [0.717, 1.165) is 29.9 Å². The van der Waals surface area contributed by atoms with Gasteiger partial charge in [-0.15, -0.1) is 0 Å². The Morgan fingerprint density at radius 1 is 1.10 bits per heavy atom. The molecule has 0 unspecified atom stereocenters. The maximum absolute atomic E-state index is 8.95. The fraction of sp³-hybridized carbons (Fsp3) is 0.611. The summed E-state index contributed by atoms with van der Waals surface area (Å²) in [6, 6.07) is 5.98. The highest BCUT2D eigenvalue weighted by Gasteiger charge is 2.07. The third kappa shape index (κ3) is 6.65. The lowest BCUT2D eigenvalue weighted by Gasteiger charge is -2.11. The van der Waals surface area contributed by atoms with Gasteiger partial charge in [-0.25, -0.2) is 0 Å². The average Bonchev–Trinajstić information content (AvgIpc) is 2.50. The van der Waals surface area contributed by atoms with Gasteiger partial charge in [-0.2, -0.15) is 0 Å². The van der Waals surface area contributed by atoms with E-state index in [1.807, 2.05) is 25.1 Å². The van der Waals surface area contributed by atoms with Crippen molar-refractivity contribution in [1.82, 2.24) is 0 Å². The summed E-state index contributed by atoms with van der Waals surface area (Å²) < 4.78 is 5.85. The van der Waals surface area contributed by atoms with E-state index in [1.54, 1.807) is 6.92 Å². The number of unbranched alkanes of at least 4 members (excludes halogenated alkanes) is 6. The zero-order valence-electron chi connectivity index (χ0n) is 13.7. The molecule has 0 atom stereocenters. The van der Waals surface area contributed by atoms with Gasteiger partial charge in [0, 0.05) is 5.56 Å². The van der Waals surface area contributed by atoms with Crippen LogP contribution >= 0.6 is 0 Å². The van der Waals surface area contributed by atoms with E-state index in [9.17, 15) is 0 Å². The molecule has 1 aromatic rings. The highest BCUT2D eigenvalue weighted by Crippen LogP contribution is 2.21. The predicted molar refractivity (Wildman–Crippen MR) is 88.7 cm³/mol. The van der Waals surface area contributed by atoms with Crippen molar-refractivity contribution in [3.05, 3.63) is 29.3 Å². The van der Waals surface area contributed by atoms with E-state index in [-0.39, 0.29) is 0 Å². The fourth-order valence-electron chi connectivity index (χ4n) is 2.35. The van der Waals surface area contributed by atoms with Crippen molar-refractivity contribution in [2.24, 2.45) is 5.16 Å². The van der Waals surface area contributed by atoms with Crippen molar-refractivity contribution in [1.29, 1.82) is 0 Å². The first-order valence-electron chi connectivity index (χ1n) is 8.11. The molecule has 0 aliphatic carbocycles. The van der Waals surface area contributed by atoms with Crippen molar-refractivity contribution in [2.75, 3.05) is 6.61 Å². The third-order valence-electron chi connectivity index (χ3n) is 3.68. The van der Waals surface area contributed by atoms with Gasteiger partial charge in [0.2, 0.25) is 0 Å². The molecule has 0 heterocycles. The number of oxime groups is 1. The predicted octanol–water partition coefficient (Wildman–Crippen LogP) is 5.32. The summed E-state index contributed by atoms with van der Waals surface area (Å²) in [6.45, 7) is 6.77. The van der Waals surface area contributed by atoms with Crippen LogP contribution < -0.4 is 4.74 Å². The normalized spacial score (nSPS) is 11.7. The van der Waals surface area contributed by atoms with Crippen LogP contribution in [-0.2, 0) is 0 Å². The van der Waals surface area contributed by atoms with Gasteiger partial charge in [0.05, 0.1) is 12.3 Å². The Morgan fingerprint density at radius 3 is 2.43 bits per heavy atom. The van der Waals surface area contributed by atoms with Gasteiger partial charge >= 0.3 is 0 Å². The Labute approximate surface area is 129 Å². The van der Waals surface area contributed by atoms with Gasteiger partial charge in [0.25, 0.3) is 0 Å². The molecule has 0 aliphatic rings. The topological polar surface area (TPSA) is 41.8 Å². The monoisotopic (exact) mass is 291 g/mol. The van der Waals surface area contributed by atoms with Crippen LogP contribution in [0.15, 0.2) is 23.4 Å². The lowest BCUT2D eigenvalue weighted by molar-refractivity contribution is 0.302. The maximum atomic E-state index is 8.95. The molecule has 0 spiro atoms. The van der Waals surface area contributed by atoms with Crippen LogP contribution in [0.1, 0.15) is 69.9 Å². The van der Waals surface area contributed by atoms with E-state index in [2.05, 4.69) is 12.1 Å². The number of benzene rings is 1. The maximum Gasteiger partial charge on any atom is 0.128 e. The molecular weight excluding hydrogens is 262 g/mol. The smallest absolute Gasteiger partial charge is 0.128 e. The largest absolute Gasteiger partial charge is 0.493 e. The summed E-state index contributed by atoms with van der Waals surface area (Å²) in [5.74, 6) is 0.807. The molecule has 0 saturated heterocycles. The highest BCUT2D eigenvalue weighted by molar-refractivity contribution is 6.00. The second-order valence-electron chi connectivity index (χ2n) is 5.65. The van der Waals surface area contributed by atoms with Gasteiger partial charge in [-0.05, 0) is 32.4 Å². The minimum atomic E-state index is 0.591. The summed E-state index contributed by atoms with van der Waals surface area (Å²) in [4.78, 5) is 0. The Kier molecular flexibility index (Phi) is 8.56. The molecular formula is C18H29NO2. The third-order valence-corrected chi connectivity index (χ3v) is 3.68. The Morgan fingerprint density at radius 2 is 1.76 bits per heavy atom. The molecule has 0 aromatic heterocycles. The Hall–Kier alpha value is -1.51. The minimum Gasteiger partial charge on any atom is -0.493 e. The standard InChI is InChI=1S/C18H29NO2/c1-4-5-6-7-8-9-10-13-21-18-12-11-15(2)14-17(18)16(3)19-20/h11-12,14,20H,4-10,13H2,1-3H3. The van der Waals surface area contributed by atoms with Crippen LogP contribution in [0.2, 0.25) is 0 Å². The molecule has 3 nitrogen and oxygen atoms in total. The molecule has 0 radical (unpaired) electrons. The van der Waals surface area contributed by atoms with Crippen LogP contribution in [0.4, 0.5) is 0 Å². The van der Waals surface area contributed by atoms with E-state index in [4.69, 9.17) is 9.94 Å². The van der Waals surface area contributed by atoms with Crippen LogP contribution in [0.3, 0.4) is 0 Å². The minimum absolute atomic E-state index is 0.591. The van der Waals surface area contributed by atoms with Crippen molar-refractivity contribution >= 4 is 5.71 Å². The molecule has 1 rings (SSSR count). The molecule has 118 valence electrons. The quantitative estimate of drug-likeness (QED) is 0.274.